The van der Waals surface area contributed by atoms with Crippen molar-refractivity contribution in [3.05, 3.63) is 23.9 Å². The van der Waals surface area contributed by atoms with Gasteiger partial charge in [-0.05, 0) is 24.8 Å². The van der Waals surface area contributed by atoms with Gasteiger partial charge in [0.15, 0.2) is 0 Å². The van der Waals surface area contributed by atoms with Crippen molar-refractivity contribution in [3.63, 3.8) is 0 Å². The molecule has 1 aromatic rings. The number of hydrogen-bond acceptors (Lipinski definition) is 1. The second-order valence-corrected chi connectivity index (χ2v) is 4.00. The maximum Gasteiger partial charge on any atom is 0.0898 e. The molecule has 0 spiro atoms. The van der Waals surface area contributed by atoms with Crippen LogP contribution in [0.4, 0.5) is 0 Å². The highest BCUT2D eigenvalue weighted by molar-refractivity contribution is 8.13. The van der Waals surface area contributed by atoms with Crippen molar-refractivity contribution in [1.29, 1.82) is 0 Å². The van der Waals surface area contributed by atoms with Gasteiger partial charge in [0.2, 0.25) is 0 Å². The molecule has 0 saturated heterocycles. The van der Waals surface area contributed by atoms with Crippen LogP contribution in [0.2, 0.25) is 0 Å². The van der Waals surface area contributed by atoms with Crippen LogP contribution in [0.15, 0.2) is 23.4 Å². The number of rotatable bonds is 1. The Labute approximate surface area is 64.0 Å². The molecule has 0 fully saturated rings. The Morgan fingerprint density at radius 3 is 2.60 bits per heavy atom. The molecule has 0 radical (unpaired) electrons. The Morgan fingerprint density at radius 2 is 2.20 bits per heavy atom. The summed E-state index contributed by atoms with van der Waals surface area (Å²) in [5, 5.41) is 1.09. The van der Waals surface area contributed by atoms with Gasteiger partial charge in [-0.3, -0.25) is 4.98 Å². The molecule has 0 aliphatic carbocycles. The van der Waals surface area contributed by atoms with Gasteiger partial charge in [0.05, 0.1) is 5.03 Å². The fourth-order valence-electron chi connectivity index (χ4n) is 0.660. The molecule has 10 heavy (non-hydrogen) atoms. The van der Waals surface area contributed by atoms with Gasteiger partial charge in [-0.2, -0.15) is 0 Å². The first-order valence-electron chi connectivity index (χ1n) is 3.08. The van der Waals surface area contributed by atoms with Crippen LogP contribution in [0.3, 0.4) is 0 Å². The summed E-state index contributed by atoms with van der Waals surface area (Å²) in [6.07, 6.45) is 3.95. The summed E-state index contributed by atoms with van der Waals surface area (Å²) < 4.78 is 0. The van der Waals surface area contributed by atoms with E-state index in [1.807, 2.05) is 19.2 Å². The van der Waals surface area contributed by atoms with E-state index in [0.717, 1.165) is 5.03 Å². The number of nitrogens with zero attached hydrogens (tertiary/aromatic N) is 1. The van der Waals surface area contributed by atoms with Crippen molar-refractivity contribution in [2.45, 2.75) is 11.9 Å². The van der Waals surface area contributed by atoms with Crippen LogP contribution < -0.4 is 0 Å². The van der Waals surface area contributed by atoms with E-state index in [1.165, 1.54) is 5.56 Å². The van der Waals surface area contributed by atoms with E-state index >= 15 is 0 Å². The van der Waals surface area contributed by atoms with Crippen LogP contribution in [0.5, 0.6) is 0 Å². The van der Waals surface area contributed by atoms with Crippen LogP contribution in [0, 0.1) is 6.92 Å². The van der Waals surface area contributed by atoms with E-state index in [9.17, 15) is 0 Å². The molecule has 0 bridgehead atoms. The average molecular weight is 153 g/mol. The van der Waals surface area contributed by atoms with Crippen LogP contribution in [-0.2, 0) is 0 Å². The Morgan fingerprint density at radius 1 is 1.50 bits per heavy atom. The SMILES string of the molecule is C=S(C)c1ccc(C)cn1. The molecule has 0 saturated carbocycles. The molecule has 1 heterocycles. The molecule has 0 N–H and O–H groups in total. The van der Waals surface area contributed by atoms with Gasteiger partial charge in [-0.15, -0.1) is 10.5 Å². The van der Waals surface area contributed by atoms with E-state index in [0.29, 0.717) is 0 Å². The summed E-state index contributed by atoms with van der Waals surface area (Å²) in [7, 11) is 0.0517. The summed E-state index contributed by atoms with van der Waals surface area (Å²) in [4.78, 5) is 4.23. The highest BCUT2D eigenvalue weighted by atomic mass is 32.2. The Balaban J connectivity index is 3.00. The average Bonchev–Trinajstić information content (AvgIpc) is 1.88. The van der Waals surface area contributed by atoms with Crippen molar-refractivity contribution in [2.24, 2.45) is 0 Å². The first kappa shape index (κ1) is 7.48. The maximum absolute atomic E-state index is 4.23. The van der Waals surface area contributed by atoms with E-state index in [1.54, 1.807) is 0 Å². The molecule has 1 unspecified atom stereocenters. The van der Waals surface area contributed by atoms with Gasteiger partial charge < -0.3 is 0 Å². The molecule has 1 aromatic heterocycles. The predicted octanol–water partition coefficient (Wildman–Crippen LogP) is 2.08. The zero-order valence-corrected chi connectivity index (χ0v) is 7.11. The highest BCUT2D eigenvalue weighted by Gasteiger charge is 1.90. The van der Waals surface area contributed by atoms with Gasteiger partial charge in [-0.1, -0.05) is 11.9 Å². The van der Waals surface area contributed by atoms with Gasteiger partial charge >= 0.3 is 0 Å². The summed E-state index contributed by atoms with van der Waals surface area (Å²) in [6, 6.07) is 4.10. The number of pyridine rings is 1. The quantitative estimate of drug-likeness (QED) is 0.563. The van der Waals surface area contributed by atoms with E-state index < -0.39 is 0 Å². The van der Waals surface area contributed by atoms with Crippen molar-refractivity contribution in [2.75, 3.05) is 6.26 Å². The zero-order chi connectivity index (χ0) is 7.56. The van der Waals surface area contributed by atoms with Crippen molar-refractivity contribution in [3.8, 4) is 0 Å². The highest BCUT2D eigenvalue weighted by Crippen LogP contribution is 2.16. The fourth-order valence-corrected chi connectivity index (χ4v) is 1.19. The van der Waals surface area contributed by atoms with E-state index in [-0.39, 0.29) is 10.5 Å². The predicted molar refractivity (Wildman–Crippen MR) is 47.9 cm³/mol. The van der Waals surface area contributed by atoms with Gasteiger partial charge in [0, 0.05) is 6.20 Å². The van der Waals surface area contributed by atoms with Crippen molar-refractivity contribution in [1.82, 2.24) is 4.98 Å². The minimum atomic E-state index is 0.0517. The topological polar surface area (TPSA) is 12.9 Å². The normalized spacial score (nSPS) is 13.0. The molecule has 0 amide bonds. The summed E-state index contributed by atoms with van der Waals surface area (Å²) >= 11 is 0. The molecule has 1 nitrogen and oxygen atoms in total. The van der Waals surface area contributed by atoms with Crippen molar-refractivity contribution >= 4 is 16.4 Å². The third-order valence-electron chi connectivity index (χ3n) is 1.24. The summed E-state index contributed by atoms with van der Waals surface area (Å²) in [5.41, 5.74) is 1.20. The molecule has 2 heteroatoms. The van der Waals surface area contributed by atoms with Gasteiger partial charge in [0.25, 0.3) is 0 Å². The molecule has 0 aliphatic rings. The smallest absolute Gasteiger partial charge is 0.0898 e. The maximum atomic E-state index is 4.23. The van der Waals surface area contributed by atoms with Gasteiger partial charge in [-0.25, -0.2) is 0 Å². The van der Waals surface area contributed by atoms with E-state index in [2.05, 4.69) is 23.2 Å². The number of aryl methyl sites for hydroxylation is 1. The molecule has 0 aliphatic heterocycles. The molecule has 0 aromatic carbocycles. The lowest BCUT2D eigenvalue weighted by molar-refractivity contribution is 1.11. The van der Waals surface area contributed by atoms with Crippen LogP contribution in [-0.4, -0.2) is 17.1 Å². The minimum Gasteiger partial charge on any atom is -0.250 e. The van der Waals surface area contributed by atoms with Crippen molar-refractivity contribution < 1.29 is 0 Å². The van der Waals surface area contributed by atoms with Gasteiger partial charge in [0.1, 0.15) is 0 Å². The second kappa shape index (κ2) is 2.97. The first-order valence-corrected chi connectivity index (χ1v) is 4.88. The summed E-state index contributed by atoms with van der Waals surface area (Å²) in [6.45, 7) is 2.04. The van der Waals surface area contributed by atoms with Crippen LogP contribution in [0.1, 0.15) is 5.56 Å². The zero-order valence-electron chi connectivity index (χ0n) is 6.29. The fraction of sp³-hybridized carbons (Fsp3) is 0.250. The minimum absolute atomic E-state index is 0.0517. The van der Waals surface area contributed by atoms with Crippen LogP contribution >= 0.6 is 10.5 Å². The Kier molecular flexibility index (Phi) is 2.22. The van der Waals surface area contributed by atoms with Crippen LogP contribution in [0.25, 0.3) is 0 Å². The van der Waals surface area contributed by atoms with E-state index in [4.69, 9.17) is 0 Å². The monoisotopic (exact) mass is 153 g/mol. The number of hydrogen-bond donors (Lipinski definition) is 0. The first-order chi connectivity index (χ1) is 4.70. The molecular weight excluding hydrogens is 142 g/mol. The Bertz CT molecular complexity index is 238. The summed E-state index contributed by atoms with van der Waals surface area (Å²) in [5.74, 6) is 3.90. The molecule has 1 rings (SSSR count). The largest absolute Gasteiger partial charge is 0.250 e. The molecule has 54 valence electrons. The lowest BCUT2D eigenvalue weighted by atomic mass is 10.3. The standard InChI is InChI=1S/C8H11NS/c1-7-4-5-8(9-6-7)10(2)3/h4-6H,2H2,1,3H3. The molecular formula is C8H11NS. The second-order valence-electron chi connectivity index (χ2n) is 2.31. The number of aromatic nitrogens is 1. The third-order valence-corrected chi connectivity index (χ3v) is 2.20. The lowest BCUT2D eigenvalue weighted by Crippen LogP contribution is -1.80. The molecule has 1 atom stereocenters. The lowest BCUT2D eigenvalue weighted by Gasteiger charge is -1.98. The third kappa shape index (κ3) is 1.67. The Hall–Kier alpha value is -0.630.